The molecule has 1 fully saturated rings. The first-order chi connectivity index (χ1) is 7.92. The number of rotatable bonds is 4. The van der Waals surface area contributed by atoms with E-state index in [-0.39, 0.29) is 0 Å². The lowest BCUT2D eigenvalue weighted by Gasteiger charge is -2.34. The summed E-state index contributed by atoms with van der Waals surface area (Å²) in [6, 6.07) is 6.88. The Kier molecular flexibility index (Phi) is 4.64. The van der Waals surface area contributed by atoms with Crippen molar-refractivity contribution in [2.45, 2.75) is 38.1 Å². The van der Waals surface area contributed by atoms with Crippen molar-refractivity contribution < 1.29 is 0 Å². The predicted octanol–water partition coefficient (Wildman–Crippen LogP) is 3.62. The number of nitrogens with zero attached hydrogens (tertiary/aromatic N) is 2. The fourth-order valence-electron chi connectivity index (χ4n) is 2.49. The molecule has 0 spiro atoms. The van der Waals surface area contributed by atoms with Gasteiger partial charge in [0.25, 0.3) is 0 Å². The van der Waals surface area contributed by atoms with E-state index in [2.05, 4.69) is 37.9 Å². The Morgan fingerprint density at radius 3 is 2.69 bits per heavy atom. The lowest BCUT2D eigenvalue weighted by Crippen LogP contribution is -2.38. The fraction of sp³-hybridized carbons (Fsp3) is 0.615. The highest BCUT2D eigenvalue weighted by Gasteiger charge is 2.21. The molecule has 1 aromatic rings. The molecular weight excluding hydrogens is 264 g/mol. The number of anilines is 1. The molecule has 2 rings (SSSR count). The number of hydrogen-bond acceptors (Lipinski definition) is 2. The van der Waals surface area contributed by atoms with Crippen molar-refractivity contribution in [2.24, 2.45) is 0 Å². The minimum absolute atomic E-state index is 0.696. The Balaban J connectivity index is 2.09. The second-order valence-electron chi connectivity index (χ2n) is 4.36. The fourth-order valence-corrected chi connectivity index (χ4v) is 2.87. The highest BCUT2D eigenvalue weighted by atomic mass is 79.9. The third-order valence-corrected chi connectivity index (χ3v) is 3.64. The van der Waals surface area contributed by atoms with Crippen LogP contribution >= 0.6 is 15.9 Å². The van der Waals surface area contributed by atoms with Crippen molar-refractivity contribution >= 4 is 21.7 Å². The number of pyridine rings is 1. The van der Waals surface area contributed by atoms with E-state index in [0.29, 0.717) is 6.04 Å². The summed E-state index contributed by atoms with van der Waals surface area (Å²) < 4.78 is 0. The molecule has 88 valence electrons. The van der Waals surface area contributed by atoms with Gasteiger partial charge in [-0.2, -0.15) is 0 Å². The van der Waals surface area contributed by atoms with Crippen LogP contribution in [0.25, 0.3) is 0 Å². The molecule has 1 aliphatic carbocycles. The molecule has 0 amide bonds. The van der Waals surface area contributed by atoms with Crippen molar-refractivity contribution in [2.75, 3.05) is 16.8 Å². The van der Waals surface area contributed by atoms with E-state index in [9.17, 15) is 0 Å². The number of halogens is 1. The summed E-state index contributed by atoms with van der Waals surface area (Å²) in [4.78, 5) is 6.94. The summed E-state index contributed by atoms with van der Waals surface area (Å²) in [5, 5.41) is 1.01. The van der Waals surface area contributed by atoms with Crippen molar-refractivity contribution in [3.8, 4) is 0 Å². The van der Waals surface area contributed by atoms with Crippen LogP contribution in [0.2, 0.25) is 0 Å². The van der Waals surface area contributed by atoms with Gasteiger partial charge in [-0.25, -0.2) is 4.98 Å². The van der Waals surface area contributed by atoms with E-state index in [1.54, 1.807) is 0 Å². The topological polar surface area (TPSA) is 16.1 Å². The maximum atomic E-state index is 4.48. The number of hydrogen-bond donors (Lipinski definition) is 0. The first-order valence-electron chi connectivity index (χ1n) is 6.15. The molecule has 1 heterocycles. The molecule has 0 unspecified atom stereocenters. The molecule has 1 aliphatic rings. The maximum absolute atomic E-state index is 4.48. The van der Waals surface area contributed by atoms with Crippen LogP contribution in [0.4, 0.5) is 5.82 Å². The summed E-state index contributed by atoms with van der Waals surface area (Å²) >= 11 is 3.54. The molecule has 16 heavy (non-hydrogen) atoms. The second-order valence-corrected chi connectivity index (χ2v) is 5.16. The van der Waals surface area contributed by atoms with E-state index in [0.717, 1.165) is 17.7 Å². The normalized spacial score (nSPS) is 17.3. The molecule has 0 N–H and O–H groups in total. The van der Waals surface area contributed by atoms with E-state index < -0.39 is 0 Å². The molecule has 0 aromatic carbocycles. The third kappa shape index (κ3) is 2.97. The Bertz CT molecular complexity index is 296. The van der Waals surface area contributed by atoms with Gasteiger partial charge in [-0.15, -0.1) is 0 Å². The van der Waals surface area contributed by atoms with Crippen LogP contribution in [-0.2, 0) is 0 Å². The Morgan fingerprint density at radius 2 is 2.06 bits per heavy atom. The zero-order chi connectivity index (χ0) is 11.2. The highest BCUT2D eigenvalue weighted by molar-refractivity contribution is 9.09. The molecule has 0 saturated heterocycles. The van der Waals surface area contributed by atoms with Gasteiger partial charge >= 0.3 is 0 Å². The van der Waals surface area contributed by atoms with Gasteiger partial charge in [0.2, 0.25) is 0 Å². The largest absolute Gasteiger partial charge is 0.353 e. The van der Waals surface area contributed by atoms with Crippen LogP contribution in [0.5, 0.6) is 0 Å². The average molecular weight is 283 g/mol. The number of alkyl halides is 1. The lowest BCUT2D eigenvalue weighted by atomic mass is 9.94. The summed E-state index contributed by atoms with van der Waals surface area (Å²) in [5.74, 6) is 1.13. The maximum Gasteiger partial charge on any atom is 0.128 e. The van der Waals surface area contributed by atoms with Crippen LogP contribution in [0.15, 0.2) is 24.4 Å². The molecule has 0 radical (unpaired) electrons. The molecule has 0 aliphatic heterocycles. The minimum Gasteiger partial charge on any atom is -0.353 e. The molecule has 1 aromatic heterocycles. The van der Waals surface area contributed by atoms with Crippen LogP contribution in [0, 0.1) is 0 Å². The molecule has 0 bridgehead atoms. The first kappa shape index (κ1) is 11.9. The second kappa shape index (κ2) is 6.24. The molecular formula is C13H19BrN2. The Morgan fingerprint density at radius 1 is 1.25 bits per heavy atom. The van der Waals surface area contributed by atoms with Crippen molar-refractivity contribution in [1.29, 1.82) is 0 Å². The predicted molar refractivity (Wildman–Crippen MR) is 72.3 cm³/mol. The van der Waals surface area contributed by atoms with Gasteiger partial charge in [0, 0.05) is 24.1 Å². The number of aromatic nitrogens is 1. The van der Waals surface area contributed by atoms with Gasteiger partial charge in [-0.1, -0.05) is 41.3 Å². The monoisotopic (exact) mass is 282 g/mol. The smallest absolute Gasteiger partial charge is 0.128 e. The molecule has 3 heteroatoms. The average Bonchev–Trinajstić information content (AvgIpc) is 2.38. The summed E-state index contributed by atoms with van der Waals surface area (Å²) in [5.41, 5.74) is 0. The van der Waals surface area contributed by atoms with Crippen LogP contribution < -0.4 is 4.90 Å². The SMILES string of the molecule is BrCCN(c1ccccn1)C1CCCCC1. The standard InChI is InChI=1S/C13H19BrN2/c14-9-11-16(12-6-2-1-3-7-12)13-8-4-5-10-15-13/h4-5,8,10,12H,1-3,6-7,9,11H2. The first-order valence-corrected chi connectivity index (χ1v) is 7.27. The summed E-state index contributed by atoms with van der Waals surface area (Å²) in [7, 11) is 0. The van der Waals surface area contributed by atoms with E-state index >= 15 is 0 Å². The third-order valence-electron chi connectivity index (χ3n) is 3.28. The van der Waals surface area contributed by atoms with Gasteiger partial charge in [-0.05, 0) is 25.0 Å². The van der Waals surface area contributed by atoms with Crippen LogP contribution in [0.3, 0.4) is 0 Å². The Labute approximate surface area is 106 Å². The zero-order valence-electron chi connectivity index (χ0n) is 9.61. The van der Waals surface area contributed by atoms with E-state index in [1.165, 1.54) is 32.1 Å². The lowest BCUT2D eigenvalue weighted by molar-refractivity contribution is 0.417. The zero-order valence-corrected chi connectivity index (χ0v) is 11.2. The molecule has 2 nitrogen and oxygen atoms in total. The van der Waals surface area contributed by atoms with Gasteiger partial charge in [0.05, 0.1) is 0 Å². The summed E-state index contributed by atoms with van der Waals surface area (Å²) in [6.07, 6.45) is 8.68. The van der Waals surface area contributed by atoms with Crippen molar-refractivity contribution in [3.63, 3.8) is 0 Å². The van der Waals surface area contributed by atoms with Crippen molar-refractivity contribution in [1.82, 2.24) is 4.98 Å². The van der Waals surface area contributed by atoms with Crippen molar-refractivity contribution in [3.05, 3.63) is 24.4 Å². The van der Waals surface area contributed by atoms with Crippen LogP contribution in [0.1, 0.15) is 32.1 Å². The Hall–Kier alpha value is -0.570. The molecule has 1 saturated carbocycles. The van der Waals surface area contributed by atoms with E-state index in [4.69, 9.17) is 0 Å². The minimum atomic E-state index is 0.696. The van der Waals surface area contributed by atoms with Gasteiger partial charge < -0.3 is 4.90 Å². The summed E-state index contributed by atoms with van der Waals surface area (Å²) in [6.45, 7) is 1.06. The van der Waals surface area contributed by atoms with Gasteiger partial charge in [0.15, 0.2) is 0 Å². The van der Waals surface area contributed by atoms with Gasteiger partial charge in [0.1, 0.15) is 5.82 Å². The van der Waals surface area contributed by atoms with Crippen LogP contribution in [-0.4, -0.2) is 22.9 Å². The van der Waals surface area contributed by atoms with E-state index in [1.807, 2.05) is 12.3 Å². The highest BCUT2D eigenvalue weighted by Crippen LogP contribution is 2.25. The quantitative estimate of drug-likeness (QED) is 0.785. The van der Waals surface area contributed by atoms with Gasteiger partial charge in [-0.3, -0.25) is 0 Å². The molecule has 0 atom stereocenters.